The minimum atomic E-state index is -0.0400. The summed E-state index contributed by atoms with van der Waals surface area (Å²) in [4.78, 5) is 12.4. The number of benzene rings is 1. The molecule has 21 heavy (non-hydrogen) atoms. The molecule has 0 bridgehead atoms. The third-order valence-electron chi connectivity index (χ3n) is 4.47. The Hall–Kier alpha value is -1.71. The standard InChI is InChI=1S/C17H26N2O2/c1-3-15(12-7-5-4-6-8-12)19-17(20)13-9-10-16(21-2)14(18)11-13/h9-12,15H,3-8,18H2,1-2H3,(H,19,20). The zero-order valence-electron chi connectivity index (χ0n) is 13.0. The van der Waals surface area contributed by atoms with Crippen LogP contribution in [0.15, 0.2) is 18.2 Å². The third kappa shape index (κ3) is 3.90. The third-order valence-corrected chi connectivity index (χ3v) is 4.47. The van der Waals surface area contributed by atoms with E-state index in [-0.39, 0.29) is 11.9 Å². The van der Waals surface area contributed by atoms with E-state index in [1.165, 1.54) is 32.1 Å². The molecule has 1 aromatic rings. The molecule has 4 heteroatoms. The highest BCUT2D eigenvalue weighted by molar-refractivity contribution is 5.95. The van der Waals surface area contributed by atoms with Crippen LogP contribution in [0.2, 0.25) is 0 Å². The zero-order valence-corrected chi connectivity index (χ0v) is 13.0. The molecular weight excluding hydrogens is 264 g/mol. The SMILES string of the molecule is CCC(NC(=O)c1ccc(OC)c(N)c1)C1CCCCC1. The van der Waals surface area contributed by atoms with Crippen LogP contribution in [0.25, 0.3) is 0 Å². The Labute approximate surface area is 127 Å². The quantitative estimate of drug-likeness (QED) is 0.817. The minimum Gasteiger partial charge on any atom is -0.495 e. The van der Waals surface area contributed by atoms with E-state index in [1.54, 1.807) is 25.3 Å². The van der Waals surface area contributed by atoms with Gasteiger partial charge in [0.25, 0.3) is 5.91 Å². The van der Waals surface area contributed by atoms with Gasteiger partial charge < -0.3 is 15.8 Å². The normalized spacial score (nSPS) is 17.2. The van der Waals surface area contributed by atoms with Crippen molar-refractivity contribution in [3.8, 4) is 5.75 Å². The van der Waals surface area contributed by atoms with Crippen molar-refractivity contribution in [1.29, 1.82) is 0 Å². The van der Waals surface area contributed by atoms with Gasteiger partial charge in [0, 0.05) is 11.6 Å². The van der Waals surface area contributed by atoms with Gasteiger partial charge in [0.1, 0.15) is 5.75 Å². The number of ether oxygens (including phenoxy) is 1. The molecule has 0 heterocycles. The first-order valence-electron chi connectivity index (χ1n) is 7.90. The van der Waals surface area contributed by atoms with Gasteiger partial charge in [0.15, 0.2) is 0 Å². The molecule has 0 radical (unpaired) electrons. The summed E-state index contributed by atoms with van der Waals surface area (Å²) in [6, 6.07) is 5.45. The van der Waals surface area contributed by atoms with E-state index in [4.69, 9.17) is 10.5 Å². The maximum absolute atomic E-state index is 12.4. The first kappa shape index (κ1) is 15.7. The molecule has 1 aromatic carbocycles. The van der Waals surface area contributed by atoms with Gasteiger partial charge in [-0.15, -0.1) is 0 Å². The second-order valence-electron chi connectivity index (χ2n) is 5.84. The van der Waals surface area contributed by atoms with Gasteiger partial charge in [0.2, 0.25) is 0 Å². The minimum absolute atomic E-state index is 0.0400. The van der Waals surface area contributed by atoms with Gasteiger partial charge in [-0.3, -0.25) is 4.79 Å². The van der Waals surface area contributed by atoms with Crippen LogP contribution in [0.3, 0.4) is 0 Å². The summed E-state index contributed by atoms with van der Waals surface area (Å²) in [5, 5.41) is 3.18. The summed E-state index contributed by atoms with van der Waals surface area (Å²) in [6.07, 6.45) is 7.32. The van der Waals surface area contributed by atoms with E-state index in [0.717, 1.165) is 6.42 Å². The van der Waals surface area contributed by atoms with Gasteiger partial charge in [-0.05, 0) is 43.4 Å². The molecular formula is C17H26N2O2. The number of nitrogen functional groups attached to an aromatic ring is 1. The number of hydrogen-bond acceptors (Lipinski definition) is 3. The maximum atomic E-state index is 12.4. The smallest absolute Gasteiger partial charge is 0.251 e. The average molecular weight is 290 g/mol. The predicted molar refractivity (Wildman–Crippen MR) is 85.5 cm³/mol. The van der Waals surface area contributed by atoms with E-state index in [2.05, 4.69) is 12.2 Å². The number of rotatable bonds is 5. The summed E-state index contributed by atoms with van der Waals surface area (Å²) in [7, 11) is 1.57. The Morgan fingerprint density at radius 1 is 1.38 bits per heavy atom. The van der Waals surface area contributed by atoms with E-state index >= 15 is 0 Å². The van der Waals surface area contributed by atoms with Crippen molar-refractivity contribution in [2.24, 2.45) is 5.92 Å². The number of amides is 1. The number of hydrogen-bond donors (Lipinski definition) is 2. The van der Waals surface area contributed by atoms with Gasteiger partial charge in [0.05, 0.1) is 12.8 Å². The van der Waals surface area contributed by atoms with Crippen LogP contribution in [0.4, 0.5) is 5.69 Å². The van der Waals surface area contributed by atoms with Crippen LogP contribution in [-0.2, 0) is 0 Å². The van der Waals surface area contributed by atoms with Crippen molar-refractivity contribution < 1.29 is 9.53 Å². The molecule has 0 aromatic heterocycles. The largest absolute Gasteiger partial charge is 0.495 e. The first-order valence-corrected chi connectivity index (χ1v) is 7.90. The number of methoxy groups -OCH3 is 1. The van der Waals surface area contributed by atoms with Gasteiger partial charge in [-0.25, -0.2) is 0 Å². The Morgan fingerprint density at radius 2 is 2.10 bits per heavy atom. The fourth-order valence-electron chi connectivity index (χ4n) is 3.22. The Morgan fingerprint density at radius 3 is 2.67 bits per heavy atom. The predicted octanol–water partition coefficient (Wildman–Crippen LogP) is 3.37. The topological polar surface area (TPSA) is 64.3 Å². The van der Waals surface area contributed by atoms with E-state index in [9.17, 15) is 4.79 Å². The van der Waals surface area contributed by atoms with Crippen molar-refractivity contribution in [2.45, 2.75) is 51.5 Å². The number of anilines is 1. The van der Waals surface area contributed by atoms with Gasteiger partial charge in [-0.2, -0.15) is 0 Å². The highest BCUT2D eigenvalue weighted by atomic mass is 16.5. The van der Waals surface area contributed by atoms with Crippen LogP contribution in [0, 0.1) is 5.92 Å². The van der Waals surface area contributed by atoms with Crippen molar-refractivity contribution >= 4 is 11.6 Å². The molecule has 0 spiro atoms. The Bertz CT molecular complexity index is 482. The summed E-state index contributed by atoms with van der Waals surface area (Å²) in [5.41, 5.74) is 6.97. The molecule has 116 valence electrons. The second-order valence-corrected chi connectivity index (χ2v) is 5.84. The molecule has 1 fully saturated rings. The molecule has 0 saturated heterocycles. The lowest BCUT2D eigenvalue weighted by Gasteiger charge is -2.30. The lowest BCUT2D eigenvalue weighted by molar-refractivity contribution is 0.0911. The van der Waals surface area contributed by atoms with E-state index < -0.39 is 0 Å². The second kappa shape index (κ2) is 7.34. The molecule has 1 amide bonds. The Balaban J connectivity index is 2.03. The molecule has 2 rings (SSSR count). The monoisotopic (exact) mass is 290 g/mol. The maximum Gasteiger partial charge on any atom is 0.251 e. The fourth-order valence-corrected chi connectivity index (χ4v) is 3.22. The van der Waals surface area contributed by atoms with Crippen LogP contribution in [0.5, 0.6) is 5.75 Å². The highest BCUT2D eigenvalue weighted by Gasteiger charge is 2.24. The van der Waals surface area contributed by atoms with Crippen LogP contribution in [0.1, 0.15) is 55.8 Å². The zero-order chi connectivity index (χ0) is 15.2. The molecule has 0 aliphatic heterocycles. The molecule has 4 nitrogen and oxygen atoms in total. The van der Waals surface area contributed by atoms with Crippen LogP contribution < -0.4 is 15.8 Å². The summed E-state index contributed by atoms with van der Waals surface area (Å²) >= 11 is 0. The van der Waals surface area contributed by atoms with Gasteiger partial charge >= 0.3 is 0 Å². The molecule has 1 aliphatic rings. The number of nitrogens with two attached hydrogens (primary N) is 1. The average Bonchev–Trinajstić information content (AvgIpc) is 2.53. The first-order chi connectivity index (χ1) is 10.2. The summed E-state index contributed by atoms with van der Waals surface area (Å²) in [5.74, 6) is 1.18. The van der Waals surface area contributed by atoms with E-state index in [1.807, 2.05) is 0 Å². The molecule has 3 N–H and O–H groups in total. The van der Waals surface area contributed by atoms with Crippen molar-refractivity contribution in [1.82, 2.24) is 5.32 Å². The molecule has 1 saturated carbocycles. The van der Waals surface area contributed by atoms with Crippen molar-refractivity contribution in [2.75, 3.05) is 12.8 Å². The molecule has 1 unspecified atom stereocenters. The lowest BCUT2D eigenvalue weighted by Crippen LogP contribution is -2.40. The van der Waals surface area contributed by atoms with Crippen molar-refractivity contribution in [3.05, 3.63) is 23.8 Å². The van der Waals surface area contributed by atoms with Crippen LogP contribution >= 0.6 is 0 Å². The summed E-state index contributed by atoms with van der Waals surface area (Å²) < 4.78 is 5.12. The van der Waals surface area contributed by atoms with E-state index in [0.29, 0.717) is 22.9 Å². The Kier molecular flexibility index (Phi) is 5.48. The fraction of sp³-hybridized carbons (Fsp3) is 0.588. The van der Waals surface area contributed by atoms with Crippen molar-refractivity contribution in [3.63, 3.8) is 0 Å². The highest BCUT2D eigenvalue weighted by Crippen LogP contribution is 2.28. The molecule has 1 atom stereocenters. The molecule has 1 aliphatic carbocycles. The number of carbonyl (C=O) groups excluding carboxylic acids is 1. The number of carbonyl (C=O) groups is 1. The van der Waals surface area contributed by atoms with Crippen LogP contribution in [-0.4, -0.2) is 19.1 Å². The summed E-state index contributed by atoms with van der Waals surface area (Å²) in [6.45, 7) is 2.14. The lowest BCUT2D eigenvalue weighted by atomic mass is 9.83. The van der Waals surface area contributed by atoms with Gasteiger partial charge in [-0.1, -0.05) is 26.2 Å². The number of nitrogens with one attached hydrogen (secondary N) is 1.